The highest BCUT2D eigenvalue weighted by molar-refractivity contribution is 4.81. The van der Waals surface area contributed by atoms with Crippen molar-refractivity contribution >= 4 is 0 Å². The fourth-order valence-corrected chi connectivity index (χ4v) is 4.08. The third kappa shape index (κ3) is 3.71. The van der Waals surface area contributed by atoms with Crippen LogP contribution in [-0.2, 0) is 4.74 Å². The van der Waals surface area contributed by atoms with Gasteiger partial charge >= 0.3 is 0 Å². The number of ether oxygens (including phenoxy) is 1. The van der Waals surface area contributed by atoms with E-state index >= 15 is 0 Å². The molecular formula is C16H30O. The van der Waals surface area contributed by atoms with Gasteiger partial charge in [-0.25, -0.2) is 0 Å². The van der Waals surface area contributed by atoms with Gasteiger partial charge in [0, 0.05) is 7.11 Å². The Kier molecular flexibility index (Phi) is 4.90. The molecule has 2 rings (SSSR count). The van der Waals surface area contributed by atoms with E-state index in [1.807, 2.05) is 7.11 Å². The van der Waals surface area contributed by atoms with E-state index in [1.165, 1.54) is 51.4 Å². The second-order valence-corrected chi connectivity index (χ2v) is 6.79. The first kappa shape index (κ1) is 13.4. The lowest BCUT2D eigenvalue weighted by atomic mass is 9.72. The van der Waals surface area contributed by atoms with Crippen molar-refractivity contribution in [2.75, 3.05) is 7.11 Å². The van der Waals surface area contributed by atoms with Crippen molar-refractivity contribution in [2.24, 2.45) is 23.7 Å². The fraction of sp³-hybridized carbons (Fsp3) is 1.00. The summed E-state index contributed by atoms with van der Waals surface area (Å²) in [5, 5.41) is 0. The van der Waals surface area contributed by atoms with Gasteiger partial charge in [-0.05, 0) is 49.4 Å². The van der Waals surface area contributed by atoms with Crippen LogP contribution in [0.5, 0.6) is 0 Å². The molecule has 0 amide bonds. The maximum atomic E-state index is 5.56. The van der Waals surface area contributed by atoms with Crippen LogP contribution in [0.2, 0.25) is 0 Å². The van der Waals surface area contributed by atoms with Crippen LogP contribution in [0, 0.1) is 23.7 Å². The Balaban J connectivity index is 1.73. The standard InChI is InChI=1S/C16H30O/c1-12-4-6-14(7-5-12)11-15-8-9-16(17-3)13(2)10-15/h12-16H,4-11H2,1-3H3. The van der Waals surface area contributed by atoms with Gasteiger partial charge in [0.15, 0.2) is 0 Å². The molecule has 1 heteroatoms. The lowest BCUT2D eigenvalue weighted by Crippen LogP contribution is -2.30. The molecule has 0 radical (unpaired) electrons. The molecule has 2 saturated carbocycles. The van der Waals surface area contributed by atoms with E-state index in [0.29, 0.717) is 6.10 Å². The molecule has 3 unspecified atom stereocenters. The van der Waals surface area contributed by atoms with E-state index in [1.54, 1.807) is 0 Å². The average Bonchev–Trinajstić information content (AvgIpc) is 2.32. The SMILES string of the molecule is COC1CCC(CC2CCC(C)CC2)CC1C. The minimum Gasteiger partial charge on any atom is -0.381 e. The topological polar surface area (TPSA) is 9.23 Å². The van der Waals surface area contributed by atoms with E-state index in [-0.39, 0.29) is 0 Å². The van der Waals surface area contributed by atoms with Crippen molar-refractivity contribution in [3.05, 3.63) is 0 Å². The lowest BCUT2D eigenvalue weighted by Gasteiger charge is -2.36. The maximum Gasteiger partial charge on any atom is 0.0597 e. The van der Waals surface area contributed by atoms with Crippen molar-refractivity contribution < 1.29 is 4.74 Å². The summed E-state index contributed by atoms with van der Waals surface area (Å²) >= 11 is 0. The second kappa shape index (κ2) is 6.22. The van der Waals surface area contributed by atoms with Gasteiger partial charge in [0.1, 0.15) is 0 Å². The summed E-state index contributed by atoms with van der Waals surface area (Å²) in [5.74, 6) is 3.81. The molecule has 2 aliphatic rings. The first-order valence-electron chi connectivity index (χ1n) is 7.71. The monoisotopic (exact) mass is 238 g/mol. The van der Waals surface area contributed by atoms with Gasteiger partial charge in [-0.15, -0.1) is 0 Å². The molecule has 0 aromatic heterocycles. The molecule has 0 aliphatic heterocycles. The Bertz CT molecular complexity index is 218. The molecule has 2 fully saturated rings. The molecule has 1 nitrogen and oxygen atoms in total. The van der Waals surface area contributed by atoms with E-state index < -0.39 is 0 Å². The Morgan fingerprint density at radius 2 is 1.53 bits per heavy atom. The van der Waals surface area contributed by atoms with E-state index in [9.17, 15) is 0 Å². The van der Waals surface area contributed by atoms with Crippen LogP contribution in [0.25, 0.3) is 0 Å². The summed E-state index contributed by atoms with van der Waals surface area (Å²) in [6.07, 6.45) is 12.1. The third-order valence-electron chi connectivity index (χ3n) is 5.30. The molecule has 0 bridgehead atoms. The second-order valence-electron chi connectivity index (χ2n) is 6.79. The van der Waals surface area contributed by atoms with Crippen molar-refractivity contribution in [1.29, 1.82) is 0 Å². The zero-order chi connectivity index (χ0) is 12.3. The van der Waals surface area contributed by atoms with Crippen molar-refractivity contribution in [2.45, 2.75) is 71.3 Å². The molecular weight excluding hydrogens is 208 g/mol. The Hall–Kier alpha value is -0.0400. The summed E-state index contributed by atoms with van der Waals surface area (Å²) in [6.45, 7) is 4.80. The normalized spacial score (nSPS) is 43.6. The van der Waals surface area contributed by atoms with Gasteiger partial charge in [-0.1, -0.05) is 39.5 Å². The number of rotatable bonds is 3. The highest BCUT2D eigenvalue weighted by Gasteiger charge is 2.29. The first-order valence-corrected chi connectivity index (χ1v) is 7.71. The average molecular weight is 238 g/mol. The largest absolute Gasteiger partial charge is 0.381 e. The highest BCUT2D eigenvalue weighted by atomic mass is 16.5. The molecule has 0 spiro atoms. The summed E-state index contributed by atoms with van der Waals surface area (Å²) < 4.78 is 5.56. The zero-order valence-corrected chi connectivity index (χ0v) is 12.0. The van der Waals surface area contributed by atoms with Gasteiger partial charge in [-0.3, -0.25) is 0 Å². The van der Waals surface area contributed by atoms with Gasteiger partial charge in [0.25, 0.3) is 0 Å². The Morgan fingerprint density at radius 3 is 2.12 bits per heavy atom. The van der Waals surface area contributed by atoms with E-state index in [0.717, 1.165) is 23.7 Å². The molecule has 0 saturated heterocycles. The summed E-state index contributed by atoms with van der Waals surface area (Å²) in [7, 11) is 1.88. The Morgan fingerprint density at radius 1 is 0.882 bits per heavy atom. The molecule has 0 aromatic rings. The minimum atomic E-state index is 0.539. The highest BCUT2D eigenvalue weighted by Crippen LogP contribution is 2.38. The van der Waals surface area contributed by atoms with E-state index in [4.69, 9.17) is 4.74 Å². The maximum absolute atomic E-state index is 5.56. The minimum absolute atomic E-state index is 0.539. The van der Waals surface area contributed by atoms with Gasteiger partial charge < -0.3 is 4.74 Å². The van der Waals surface area contributed by atoms with Crippen molar-refractivity contribution in [3.8, 4) is 0 Å². The van der Waals surface area contributed by atoms with Crippen molar-refractivity contribution in [1.82, 2.24) is 0 Å². The molecule has 0 aromatic carbocycles. The van der Waals surface area contributed by atoms with Crippen LogP contribution in [-0.4, -0.2) is 13.2 Å². The van der Waals surface area contributed by atoms with Gasteiger partial charge in [-0.2, -0.15) is 0 Å². The van der Waals surface area contributed by atoms with Crippen LogP contribution >= 0.6 is 0 Å². The van der Waals surface area contributed by atoms with Crippen LogP contribution in [0.3, 0.4) is 0 Å². The summed E-state index contributed by atoms with van der Waals surface area (Å²) in [5.41, 5.74) is 0. The number of methoxy groups -OCH3 is 1. The third-order valence-corrected chi connectivity index (χ3v) is 5.30. The van der Waals surface area contributed by atoms with E-state index in [2.05, 4.69) is 13.8 Å². The molecule has 0 heterocycles. The summed E-state index contributed by atoms with van der Waals surface area (Å²) in [4.78, 5) is 0. The van der Waals surface area contributed by atoms with Crippen LogP contribution < -0.4 is 0 Å². The molecule has 100 valence electrons. The summed E-state index contributed by atoms with van der Waals surface area (Å²) in [6, 6.07) is 0. The zero-order valence-electron chi connectivity index (χ0n) is 12.0. The molecule has 0 N–H and O–H groups in total. The number of hydrogen-bond acceptors (Lipinski definition) is 1. The molecule has 17 heavy (non-hydrogen) atoms. The predicted octanol–water partition coefficient (Wildman–Crippen LogP) is 4.65. The molecule has 2 aliphatic carbocycles. The lowest BCUT2D eigenvalue weighted by molar-refractivity contribution is 0.0103. The Labute approximate surface area is 107 Å². The molecule has 3 atom stereocenters. The van der Waals surface area contributed by atoms with Crippen LogP contribution in [0.4, 0.5) is 0 Å². The van der Waals surface area contributed by atoms with Gasteiger partial charge in [0.05, 0.1) is 6.10 Å². The smallest absolute Gasteiger partial charge is 0.0597 e. The predicted molar refractivity (Wildman–Crippen MR) is 73.0 cm³/mol. The van der Waals surface area contributed by atoms with Gasteiger partial charge in [0.2, 0.25) is 0 Å². The number of hydrogen-bond donors (Lipinski definition) is 0. The van der Waals surface area contributed by atoms with Crippen LogP contribution in [0.1, 0.15) is 65.2 Å². The van der Waals surface area contributed by atoms with Crippen LogP contribution in [0.15, 0.2) is 0 Å². The fourth-order valence-electron chi connectivity index (χ4n) is 4.08. The quantitative estimate of drug-likeness (QED) is 0.695. The van der Waals surface area contributed by atoms with Crippen molar-refractivity contribution in [3.63, 3.8) is 0 Å². The first-order chi connectivity index (χ1) is 8.19.